The Morgan fingerprint density at radius 2 is 2.20 bits per heavy atom. The van der Waals surface area contributed by atoms with Gasteiger partial charge in [-0.1, -0.05) is 0 Å². The van der Waals surface area contributed by atoms with Gasteiger partial charge in [0.15, 0.2) is 0 Å². The molecule has 130 valence electrons. The van der Waals surface area contributed by atoms with Crippen molar-refractivity contribution >= 4 is 23.0 Å². The molecule has 0 radical (unpaired) electrons. The molecule has 2 rings (SSSR count). The van der Waals surface area contributed by atoms with Gasteiger partial charge in [0.25, 0.3) is 5.91 Å². The van der Waals surface area contributed by atoms with E-state index in [2.05, 4.69) is 5.32 Å². The minimum atomic E-state index is -1.16. The number of nitrogens with one attached hydrogen (secondary N) is 1. The van der Waals surface area contributed by atoms with E-state index in [1.807, 2.05) is 0 Å². The van der Waals surface area contributed by atoms with Crippen LogP contribution in [0.25, 0.3) is 17.0 Å². The van der Waals surface area contributed by atoms with Crippen LogP contribution in [0.1, 0.15) is 11.1 Å². The molecule has 0 saturated carbocycles. The van der Waals surface area contributed by atoms with Gasteiger partial charge in [-0.05, 0) is 30.7 Å². The number of benzene rings is 1. The standard InChI is InChI=1S/C17H16N2O6/c1-9-4-15(23)25-16-12(9)2-3-14(22)13(16)5-10(6-18)17(24)19-7-11(21)8-20/h2-5,11,20-22H,7-8H2,1H3,(H,19,24)/b10-5+. The van der Waals surface area contributed by atoms with E-state index < -0.39 is 24.2 Å². The molecule has 0 aliphatic rings. The highest BCUT2D eigenvalue weighted by Crippen LogP contribution is 2.30. The molecule has 8 heteroatoms. The highest BCUT2D eigenvalue weighted by atomic mass is 16.4. The third-order valence-corrected chi connectivity index (χ3v) is 3.50. The SMILES string of the molecule is Cc1cc(=O)oc2c(/C=C(\C#N)C(=O)NCC(O)CO)c(O)ccc12. The summed E-state index contributed by atoms with van der Waals surface area (Å²) in [6.07, 6.45) is -0.0590. The van der Waals surface area contributed by atoms with Gasteiger partial charge >= 0.3 is 5.63 Å². The molecular formula is C17H16N2O6. The highest BCUT2D eigenvalue weighted by molar-refractivity contribution is 6.04. The molecule has 1 atom stereocenters. The lowest BCUT2D eigenvalue weighted by Crippen LogP contribution is -2.34. The molecule has 1 heterocycles. The summed E-state index contributed by atoms with van der Waals surface area (Å²) >= 11 is 0. The molecule has 1 unspecified atom stereocenters. The summed E-state index contributed by atoms with van der Waals surface area (Å²) < 4.78 is 5.12. The molecular weight excluding hydrogens is 328 g/mol. The molecule has 0 fully saturated rings. The zero-order valence-corrected chi connectivity index (χ0v) is 13.3. The van der Waals surface area contributed by atoms with Crippen LogP contribution < -0.4 is 10.9 Å². The zero-order chi connectivity index (χ0) is 18.6. The predicted molar refractivity (Wildman–Crippen MR) is 88.6 cm³/mol. The summed E-state index contributed by atoms with van der Waals surface area (Å²) in [5.74, 6) is -1.07. The first-order chi connectivity index (χ1) is 11.9. The number of aliphatic hydroxyl groups is 2. The van der Waals surface area contributed by atoms with E-state index in [1.165, 1.54) is 12.1 Å². The fourth-order valence-corrected chi connectivity index (χ4v) is 2.20. The number of aryl methyl sites for hydroxylation is 1. The number of hydrogen-bond acceptors (Lipinski definition) is 7. The number of phenols is 1. The average Bonchev–Trinajstić information content (AvgIpc) is 2.58. The number of rotatable bonds is 5. The van der Waals surface area contributed by atoms with Gasteiger partial charge in [-0.2, -0.15) is 5.26 Å². The van der Waals surface area contributed by atoms with E-state index in [1.54, 1.807) is 19.1 Å². The number of aromatic hydroxyl groups is 1. The number of carbonyl (C=O) groups excluding carboxylic acids is 1. The van der Waals surface area contributed by atoms with Crippen LogP contribution in [0.5, 0.6) is 5.75 Å². The Kier molecular flexibility index (Phi) is 5.54. The molecule has 1 amide bonds. The van der Waals surface area contributed by atoms with E-state index >= 15 is 0 Å². The number of phenolic OH excluding ortho intramolecular Hbond substituents is 1. The van der Waals surface area contributed by atoms with Gasteiger partial charge < -0.3 is 25.1 Å². The van der Waals surface area contributed by atoms with Crippen molar-refractivity contribution in [2.75, 3.05) is 13.2 Å². The fraction of sp³-hybridized carbons (Fsp3) is 0.235. The van der Waals surface area contributed by atoms with Gasteiger partial charge in [0.2, 0.25) is 0 Å². The first-order valence-corrected chi connectivity index (χ1v) is 7.32. The molecule has 8 nitrogen and oxygen atoms in total. The minimum absolute atomic E-state index is 0.0210. The van der Waals surface area contributed by atoms with Crippen molar-refractivity contribution in [2.24, 2.45) is 0 Å². The molecule has 0 spiro atoms. The number of nitriles is 1. The van der Waals surface area contributed by atoms with E-state index in [-0.39, 0.29) is 29.0 Å². The van der Waals surface area contributed by atoms with Crippen LogP contribution in [-0.2, 0) is 4.79 Å². The van der Waals surface area contributed by atoms with Gasteiger partial charge in [0.05, 0.1) is 18.3 Å². The number of fused-ring (bicyclic) bond motifs is 1. The zero-order valence-electron chi connectivity index (χ0n) is 13.3. The summed E-state index contributed by atoms with van der Waals surface area (Å²) in [4.78, 5) is 23.6. The van der Waals surface area contributed by atoms with Gasteiger partial charge in [0, 0.05) is 18.0 Å². The molecule has 1 aromatic carbocycles. The molecule has 2 aromatic rings. The Hall–Kier alpha value is -3.15. The van der Waals surface area contributed by atoms with Crippen molar-refractivity contribution in [3.8, 4) is 11.8 Å². The van der Waals surface area contributed by atoms with Crippen molar-refractivity contribution in [2.45, 2.75) is 13.0 Å². The number of carbonyl (C=O) groups is 1. The summed E-state index contributed by atoms with van der Waals surface area (Å²) in [7, 11) is 0. The smallest absolute Gasteiger partial charge is 0.336 e. The third kappa shape index (κ3) is 4.03. The Morgan fingerprint density at radius 3 is 2.84 bits per heavy atom. The second-order valence-corrected chi connectivity index (χ2v) is 5.34. The maximum Gasteiger partial charge on any atom is 0.336 e. The maximum absolute atomic E-state index is 12.0. The molecule has 25 heavy (non-hydrogen) atoms. The molecule has 4 N–H and O–H groups in total. The first-order valence-electron chi connectivity index (χ1n) is 7.32. The van der Waals surface area contributed by atoms with Crippen molar-refractivity contribution < 1.29 is 24.5 Å². The van der Waals surface area contributed by atoms with Crippen LogP contribution in [-0.4, -0.2) is 40.5 Å². The largest absolute Gasteiger partial charge is 0.507 e. The summed E-state index contributed by atoms with van der Waals surface area (Å²) in [6.45, 7) is 0.905. The lowest BCUT2D eigenvalue weighted by molar-refractivity contribution is -0.117. The van der Waals surface area contributed by atoms with Gasteiger partial charge in [-0.3, -0.25) is 4.79 Å². The quantitative estimate of drug-likeness (QED) is 0.344. The molecule has 0 saturated heterocycles. The van der Waals surface area contributed by atoms with Crippen LogP contribution in [0.2, 0.25) is 0 Å². The Labute approximate surface area is 142 Å². The molecule has 1 aromatic heterocycles. The lowest BCUT2D eigenvalue weighted by atomic mass is 10.0. The third-order valence-electron chi connectivity index (χ3n) is 3.50. The van der Waals surface area contributed by atoms with Gasteiger partial charge in [-0.15, -0.1) is 0 Å². The van der Waals surface area contributed by atoms with Crippen LogP contribution in [0, 0.1) is 18.3 Å². The normalized spacial score (nSPS) is 12.6. The van der Waals surface area contributed by atoms with Gasteiger partial charge in [0.1, 0.15) is 23.0 Å². The predicted octanol–water partition coefficient (Wildman–Crippen LogP) is 0.183. The Balaban J connectivity index is 2.51. The van der Waals surface area contributed by atoms with Crippen LogP contribution in [0.15, 0.2) is 33.0 Å². The summed E-state index contributed by atoms with van der Waals surface area (Å²) in [5.41, 5.74) is -0.292. The average molecular weight is 344 g/mol. The lowest BCUT2D eigenvalue weighted by Gasteiger charge is -2.09. The molecule has 0 bridgehead atoms. The first kappa shape index (κ1) is 18.2. The second-order valence-electron chi connectivity index (χ2n) is 5.34. The minimum Gasteiger partial charge on any atom is -0.507 e. The summed E-state index contributed by atoms with van der Waals surface area (Å²) in [5, 5.41) is 40.0. The number of hydrogen-bond donors (Lipinski definition) is 4. The highest BCUT2D eigenvalue weighted by Gasteiger charge is 2.15. The number of nitrogens with zero attached hydrogens (tertiary/aromatic N) is 1. The second kappa shape index (κ2) is 7.61. The topological polar surface area (TPSA) is 144 Å². The maximum atomic E-state index is 12.0. The monoisotopic (exact) mass is 344 g/mol. The summed E-state index contributed by atoms with van der Waals surface area (Å²) in [6, 6.07) is 5.90. The van der Waals surface area contributed by atoms with E-state index in [0.29, 0.717) is 10.9 Å². The van der Waals surface area contributed by atoms with Crippen LogP contribution in [0.4, 0.5) is 0 Å². The molecule has 0 aliphatic carbocycles. The van der Waals surface area contributed by atoms with Crippen LogP contribution in [0.3, 0.4) is 0 Å². The molecule has 0 aliphatic heterocycles. The Morgan fingerprint density at radius 1 is 1.48 bits per heavy atom. The van der Waals surface area contributed by atoms with Gasteiger partial charge in [-0.25, -0.2) is 4.79 Å². The van der Waals surface area contributed by atoms with Crippen molar-refractivity contribution in [1.82, 2.24) is 5.32 Å². The number of amides is 1. The van der Waals surface area contributed by atoms with E-state index in [9.17, 15) is 25.1 Å². The number of aliphatic hydroxyl groups excluding tert-OH is 2. The Bertz CT molecular complexity index is 939. The van der Waals surface area contributed by atoms with E-state index in [4.69, 9.17) is 9.52 Å². The van der Waals surface area contributed by atoms with Crippen molar-refractivity contribution in [3.05, 3.63) is 45.3 Å². The van der Waals surface area contributed by atoms with E-state index in [0.717, 1.165) is 6.08 Å². The van der Waals surface area contributed by atoms with Crippen molar-refractivity contribution in [3.63, 3.8) is 0 Å². The fourth-order valence-electron chi connectivity index (χ4n) is 2.20. The van der Waals surface area contributed by atoms with Crippen molar-refractivity contribution in [1.29, 1.82) is 5.26 Å². The van der Waals surface area contributed by atoms with Crippen LogP contribution >= 0.6 is 0 Å².